The maximum Gasteiger partial charge on any atom is 0.318 e. The number of carbonyl (C=O) groups is 1. The van der Waals surface area contributed by atoms with Crippen molar-refractivity contribution in [1.29, 1.82) is 0 Å². The van der Waals surface area contributed by atoms with Crippen LogP contribution in [-0.4, -0.2) is 19.1 Å². The molecule has 1 atom stereocenters. The van der Waals surface area contributed by atoms with Crippen molar-refractivity contribution in [2.45, 2.75) is 32.2 Å². The molecule has 0 heterocycles. The summed E-state index contributed by atoms with van der Waals surface area (Å²) in [5.74, 6) is 0.846. The van der Waals surface area contributed by atoms with E-state index in [4.69, 9.17) is 0 Å². The summed E-state index contributed by atoms with van der Waals surface area (Å²) in [7, 11) is 1.60. The summed E-state index contributed by atoms with van der Waals surface area (Å²) in [6, 6.07) is 8.24. The van der Waals surface area contributed by atoms with Crippen molar-refractivity contribution >= 4 is 17.4 Å². The highest BCUT2D eigenvalue weighted by molar-refractivity contribution is 5.89. The molecule has 2 amide bonds. The van der Waals surface area contributed by atoms with Crippen molar-refractivity contribution in [3.8, 4) is 0 Å². The Morgan fingerprint density at radius 1 is 1.28 bits per heavy atom. The molecule has 3 N–H and O–H groups in total. The Morgan fingerprint density at radius 3 is 2.39 bits per heavy atom. The highest BCUT2D eigenvalue weighted by Gasteiger charge is 2.29. The molecule has 4 heteroatoms. The number of amides is 2. The SMILES string of the molecule is CCC(Nc1ccc(NC(=O)NC)cc1)C1CC1. The second-order valence-corrected chi connectivity index (χ2v) is 4.78. The molecule has 1 aliphatic rings. The maximum atomic E-state index is 11.1. The van der Waals surface area contributed by atoms with Gasteiger partial charge in [-0.15, -0.1) is 0 Å². The average molecular weight is 247 g/mol. The number of hydrogen-bond acceptors (Lipinski definition) is 2. The molecule has 98 valence electrons. The zero-order valence-corrected chi connectivity index (χ0v) is 11.0. The van der Waals surface area contributed by atoms with Crippen LogP contribution in [0, 0.1) is 5.92 Å². The van der Waals surface area contributed by atoms with Gasteiger partial charge >= 0.3 is 6.03 Å². The summed E-state index contributed by atoms with van der Waals surface area (Å²) >= 11 is 0. The summed E-state index contributed by atoms with van der Waals surface area (Å²) in [6.45, 7) is 2.22. The number of nitrogens with one attached hydrogen (secondary N) is 3. The summed E-state index contributed by atoms with van der Waals surface area (Å²) in [6.07, 6.45) is 3.85. The van der Waals surface area contributed by atoms with E-state index in [1.807, 2.05) is 24.3 Å². The normalized spacial score (nSPS) is 15.9. The van der Waals surface area contributed by atoms with Gasteiger partial charge in [-0.3, -0.25) is 0 Å². The van der Waals surface area contributed by atoms with Crippen LogP contribution in [0.3, 0.4) is 0 Å². The van der Waals surface area contributed by atoms with Crippen molar-refractivity contribution in [3.63, 3.8) is 0 Å². The van der Waals surface area contributed by atoms with Gasteiger partial charge in [0, 0.05) is 24.5 Å². The lowest BCUT2D eigenvalue weighted by Gasteiger charge is -2.17. The molecule has 0 spiro atoms. The molecule has 0 radical (unpaired) electrons. The number of anilines is 2. The van der Waals surface area contributed by atoms with Crippen molar-refractivity contribution < 1.29 is 4.79 Å². The summed E-state index contributed by atoms with van der Waals surface area (Å²) in [5.41, 5.74) is 1.93. The molecule has 1 saturated carbocycles. The summed E-state index contributed by atoms with van der Waals surface area (Å²) < 4.78 is 0. The molecule has 1 aliphatic carbocycles. The van der Waals surface area contributed by atoms with Crippen LogP contribution in [0.25, 0.3) is 0 Å². The van der Waals surface area contributed by atoms with E-state index in [0.29, 0.717) is 6.04 Å². The molecule has 1 unspecified atom stereocenters. The zero-order chi connectivity index (χ0) is 13.0. The molecule has 1 fully saturated rings. The van der Waals surface area contributed by atoms with Gasteiger partial charge < -0.3 is 16.0 Å². The molecule has 1 aromatic carbocycles. The van der Waals surface area contributed by atoms with Gasteiger partial charge in [0.2, 0.25) is 0 Å². The molecule has 0 bridgehead atoms. The van der Waals surface area contributed by atoms with E-state index in [2.05, 4.69) is 22.9 Å². The number of rotatable bonds is 5. The van der Waals surface area contributed by atoms with Crippen LogP contribution in [0.2, 0.25) is 0 Å². The molecule has 2 rings (SSSR count). The topological polar surface area (TPSA) is 53.2 Å². The minimum atomic E-state index is -0.194. The van der Waals surface area contributed by atoms with Crippen molar-refractivity contribution in [2.75, 3.05) is 17.7 Å². The highest BCUT2D eigenvalue weighted by Crippen LogP contribution is 2.35. The molecule has 18 heavy (non-hydrogen) atoms. The molecule has 4 nitrogen and oxygen atoms in total. The predicted molar refractivity (Wildman–Crippen MR) is 74.9 cm³/mol. The van der Waals surface area contributed by atoms with Crippen LogP contribution in [0.4, 0.5) is 16.2 Å². The van der Waals surface area contributed by atoms with Gasteiger partial charge in [-0.05, 0) is 49.4 Å². The Bertz CT molecular complexity index is 398. The smallest absolute Gasteiger partial charge is 0.318 e. The van der Waals surface area contributed by atoms with Crippen molar-refractivity contribution in [1.82, 2.24) is 5.32 Å². The monoisotopic (exact) mass is 247 g/mol. The third kappa shape index (κ3) is 3.39. The van der Waals surface area contributed by atoms with E-state index in [1.165, 1.54) is 12.8 Å². The fraction of sp³-hybridized carbons (Fsp3) is 0.500. The lowest BCUT2D eigenvalue weighted by molar-refractivity contribution is 0.254. The third-order valence-electron chi connectivity index (χ3n) is 3.35. The Labute approximate surface area is 108 Å². The summed E-state index contributed by atoms with van der Waals surface area (Å²) in [4.78, 5) is 11.1. The summed E-state index contributed by atoms with van der Waals surface area (Å²) in [5, 5.41) is 8.83. The minimum Gasteiger partial charge on any atom is -0.382 e. The van der Waals surface area contributed by atoms with E-state index in [-0.39, 0.29) is 6.03 Å². The van der Waals surface area contributed by atoms with Gasteiger partial charge in [-0.2, -0.15) is 0 Å². The molecular weight excluding hydrogens is 226 g/mol. The van der Waals surface area contributed by atoms with E-state index >= 15 is 0 Å². The Morgan fingerprint density at radius 2 is 1.89 bits per heavy atom. The fourth-order valence-electron chi connectivity index (χ4n) is 2.11. The number of benzene rings is 1. The second kappa shape index (κ2) is 5.76. The fourth-order valence-corrected chi connectivity index (χ4v) is 2.11. The molecule has 0 saturated heterocycles. The van der Waals surface area contributed by atoms with E-state index in [0.717, 1.165) is 23.7 Å². The first-order valence-corrected chi connectivity index (χ1v) is 6.58. The number of urea groups is 1. The number of carbonyl (C=O) groups excluding carboxylic acids is 1. The second-order valence-electron chi connectivity index (χ2n) is 4.78. The maximum absolute atomic E-state index is 11.1. The van der Waals surface area contributed by atoms with Crippen LogP contribution in [-0.2, 0) is 0 Å². The van der Waals surface area contributed by atoms with Crippen molar-refractivity contribution in [3.05, 3.63) is 24.3 Å². The first-order chi connectivity index (χ1) is 8.72. The highest BCUT2D eigenvalue weighted by atomic mass is 16.2. The number of hydrogen-bond donors (Lipinski definition) is 3. The van der Waals surface area contributed by atoms with Gasteiger partial charge in [0.1, 0.15) is 0 Å². The average Bonchev–Trinajstić information content (AvgIpc) is 3.22. The first kappa shape index (κ1) is 12.7. The quantitative estimate of drug-likeness (QED) is 0.749. The lowest BCUT2D eigenvalue weighted by Crippen LogP contribution is -2.24. The van der Waals surface area contributed by atoms with E-state index < -0.39 is 0 Å². The predicted octanol–water partition coefficient (Wildman–Crippen LogP) is 3.04. The minimum absolute atomic E-state index is 0.194. The van der Waals surface area contributed by atoms with Gasteiger partial charge in [-0.1, -0.05) is 6.92 Å². The van der Waals surface area contributed by atoms with E-state index in [9.17, 15) is 4.79 Å². The van der Waals surface area contributed by atoms with Gasteiger partial charge in [0.15, 0.2) is 0 Å². The molecule has 1 aromatic rings. The lowest BCUT2D eigenvalue weighted by atomic mass is 10.1. The zero-order valence-electron chi connectivity index (χ0n) is 11.0. The standard InChI is InChI=1S/C14H21N3O/c1-3-13(10-4-5-10)16-11-6-8-12(9-7-11)17-14(18)15-2/h6-10,13,16H,3-5H2,1-2H3,(H2,15,17,18). The third-order valence-corrected chi connectivity index (χ3v) is 3.35. The van der Waals surface area contributed by atoms with Gasteiger partial charge in [0.25, 0.3) is 0 Å². The van der Waals surface area contributed by atoms with Gasteiger partial charge in [-0.25, -0.2) is 4.79 Å². The van der Waals surface area contributed by atoms with Crippen LogP contribution in [0.15, 0.2) is 24.3 Å². The Kier molecular flexibility index (Phi) is 4.07. The van der Waals surface area contributed by atoms with Crippen molar-refractivity contribution in [2.24, 2.45) is 5.92 Å². The van der Waals surface area contributed by atoms with Crippen LogP contribution in [0.1, 0.15) is 26.2 Å². The van der Waals surface area contributed by atoms with Crippen LogP contribution in [0.5, 0.6) is 0 Å². The Hall–Kier alpha value is -1.71. The first-order valence-electron chi connectivity index (χ1n) is 6.58. The molecule has 0 aromatic heterocycles. The van der Waals surface area contributed by atoms with E-state index in [1.54, 1.807) is 7.05 Å². The largest absolute Gasteiger partial charge is 0.382 e. The van der Waals surface area contributed by atoms with Crippen LogP contribution < -0.4 is 16.0 Å². The van der Waals surface area contributed by atoms with Gasteiger partial charge in [0.05, 0.1) is 0 Å². The molecular formula is C14H21N3O. The molecule has 0 aliphatic heterocycles. The Balaban J connectivity index is 1.92. The van der Waals surface area contributed by atoms with Crippen LogP contribution >= 0.6 is 0 Å².